The maximum Gasteiger partial charge on any atom is 0.263 e. The lowest BCUT2D eigenvalue weighted by Gasteiger charge is -2.19. The van der Waals surface area contributed by atoms with Crippen LogP contribution in [0.2, 0.25) is 0 Å². The summed E-state index contributed by atoms with van der Waals surface area (Å²) < 4.78 is 13.6. The third-order valence-corrected chi connectivity index (χ3v) is 3.73. The monoisotopic (exact) mass is 285 g/mol. The number of carbonyl (C=O) groups excluding carboxylic acids is 1. The third kappa shape index (κ3) is 2.52. The molecule has 1 aromatic rings. The zero-order chi connectivity index (χ0) is 15.0. The smallest absolute Gasteiger partial charge is 0.263 e. The standard InChI is InChI=1S/C16H16FN3O/c1-9-4-2-7-12-13(9)20-16(21)15(18)19-14(12)10-5-3-6-11(17)8-10/h2-7,10,15H,8,18H2,1H3,(H,20,21)/t10?,15-/m0/s1. The topological polar surface area (TPSA) is 67.5 Å². The Morgan fingerprint density at radius 3 is 3.00 bits per heavy atom. The minimum absolute atomic E-state index is 0.198. The van der Waals surface area contributed by atoms with Crippen LogP contribution in [-0.4, -0.2) is 17.8 Å². The van der Waals surface area contributed by atoms with E-state index in [9.17, 15) is 9.18 Å². The van der Waals surface area contributed by atoms with Crippen molar-refractivity contribution in [3.63, 3.8) is 0 Å². The number of fused-ring (bicyclic) bond motifs is 1. The molecule has 0 fully saturated rings. The number of benzodiazepines with no additional fused rings is 1. The molecule has 21 heavy (non-hydrogen) atoms. The van der Waals surface area contributed by atoms with Crippen molar-refractivity contribution in [3.8, 4) is 0 Å². The summed E-state index contributed by atoms with van der Waals surface area (Å²) in [6.07, 6.45) is 4.26. The van der Waals surface area contributed by atoms with E-state index in [4.69, 9.17) is 5.73 Å². The van der Waals surface area contributed by atoms with Crippen LogP contribution in [0.4, 0.5) is 10.1 Å². The number of carbonyl (C=O) groups is 1. The van der Waals surface area contributed by atoms with Gasteiger partial charge in [-0.3, -0.25) is 9.79 Å². The van der Waals surface area contributed by atoms with Crippen molar-refractivity contribution >= 4 is 17.3 Å². The van der Waals surface area contributed by atoms with Crippen LogP contribution in [0.5, 0.6) is 0 Å². The molecule has 1 amide bonds. The predicted molar refractivity (Wildman–Crippen MR) is 80.8 cm³/mol. The van der Waals surface area contributed by atoms with E-state index < -0.39 is 6.17 Å². The zero-order valence-electron chi connectivity index (χ0n) is 11.6. The van der Waals surface area contributed by atoms with Crippen molar-refractivity contribution in [1.82, 2.24) is 0 Å². The molecular formula is C16H16FN3O. The maximum atomic E-state index is 13.6. The lowest BCUT2D eigenvalue weighted by molar-refractivity contribution is -0.117. The number of amides is 1. The fourth-order valence-electron chi connectivity index (χ4n) is 2.65. The Labute approximate surface area is 122 Å². The van der Waals surface area contributed by atoms with Crippen LogP contribution in [-0.2, 0) is 4.79 Å². The van der Waals surface area contributed by atoms with Crippen LogP contribution in [0.3, 0.4) is 0 Å². The number of aryl methyl sites for hydroxylation is 1. The van der Waals surface area contributed by atoms with Gasteiger partial charge in [0.05, 0.1) is 11.4 Å². The molecule has 108 valence electrons. The Morgan fingerprint density at radius 2 is 2.24 bits per heavy atom. The molecule has 0 bridgehead atoms. The number of nitrogens with one attached hydrogen (secondary N) is 1. The quantitative estimate of drug-likeness (QED) is 0.832. The molecule has 1 aliphatic carbocycles. The van der Waals surface area contributed by atoms with Crippen molar-refractivity contribution in [1.29, 1.82) is 0 Å². The Morgan fingerprint density at radius 1 is 1.43 bits per heavy atom. The summed E-state index contributed by atoms with van der Waals surface area (Å²) in [7, 11) is 0. The van der Waals surface area contributed by atoms with Crippen LogP contribution < -0.4 is 11.1 Å². The number of anilines is 1. The zero-order valence-corrected chi connectivity index (χ0v) is 11.6. The van der Waals surface area contributed by atoms with Crippen molar-refractivity contribution < 1.29 is 9.18 Å². The fourth-order valence-corrected chi connectivity index (χ4v) is 2.65. The Hall–Kier alpha value is -2.27. The highest BCUT2D eigenvalue weighted by Gasteiger charge is 2.28. The highest BCUT2D eigenvalue weighted by molar-refractivity contribution is 6.13. The molecule has 5 heteroatoms. The van der Waals surface area contributed by atoms with Crippen molar-refractivity contribution in [3.05, 3.63) is 53.4 Å². The molecule has 1 aromatic carbocycles. The van der Waals surface area contributed by atoms with Gasteiger partial charge in [-0.1, -0.05) is 30.4 Å². The Kier molecular flexibility index (Phi) is 3.43. The average Bonchev–Trinajstić information content (AvgIpc) is 2.58. The molecule has 0 saturated carbocycles. The highest BCUT2D eigenvalue weighted by atomic mass is 19.1. The van der Waals surface area contributed by atoms with Gasteiger partial charge in [0.15, 0.2) is 6.17 Å². The summed E-state index contributed by atoms with van der Waals surface area (Å²) in [5.74, 6) is -0.762. The number of para-hydroxylation sites is 1. The summed E-state index contributed by atoms with van der Waals surface area (Å²) >= 11 is 0. The highest BCUT2D eigenvalue weighted by Crippen LogP contribution is 2.31. The molecule has 1 heterocycles. The second-order valence-electron chi connectivity index (χ2n) is 5.25. The van der Waals surface area contributed by atoms with E-state index in [1.807, 2.05) is 31.2 Å². The first kappa shape index (κ1) is 13.7. The number of nitrogens with two attached hydrogens (primary N) is 1. The molecule has 0 spiro atoms. The van der Waals surface area contributed by atoms with E-state index in [1.165, 1.54) is 6.08 Å². The summed E-state index contributed by atoms with van der Waals surface area (Å²) in [4.78, 5) is 16.3. The number of nitrogens with zero attached hydrogens (tertiary/aromatic N) is 1. The third-order valence-electron chi connectivity index (χ3n) is 3.73. The van der Waals surface area contributed by atoms with E-state index in [0.717, 1.165) is 11.1 Å². The lowest BCUT2D eigenvalue weighted by Crippen LogP contribution is -2.33. The largest absolute Gasteiger partial charge is 0.322 e. The SMILES string of the molecule is Cc1cccc2c1NC(=O)[C@@H](N)N=C2C1C=CC=C(F)C1. The van der Waals surface area contributed by atoms with Gasteiger partial charge in [-0.05, 0) is 18.6 Å². The normalized spacial score (nSPS) is 24.6. The first-order valence-corrected chi connectivity index (χ1v) is 6.83. The van der Waals surface area contributed by atoms with Gasteiger partial charge in [-0.15, -0.1) is 0 Å². The summed E-state index contributed by atoms with van der Waals surface area (Å²) in [6, 6.07) is 5.68. The number of benzene rings is 1. The molecule has 0 saturated heterocycles. The van der Waals surface area contributed by atoms with Gasteiger partial charge < -0.3 is 11.1 Å². The van der Waals surface area contributed by atoms with Gasteiger partial charge in [-0.2, -0.15) is 0 Å². The van der Waals surface area contributed by atoms with Crippen LogP contribution in [0, 0.1) is 12.8 Å². The maximum absolute atomic E-state index is 13.6. The van der Waals surface area contributed by atoms with E-state index in [0.29, 0.717) is 11.4 Å². The fraction of sp³-hybridized carbons (Fsp3) is 0.250. The minimum atomic E-state index is -0.978. The summed E-state index contributed by atoms with van der Waals surface area (Å²) in [5, 5.41) is 2.81. The van der Waals surface area contributed by atoms with Crippen LogP contribution in [0.15, 0.2) is 47.2 Å². The Bertz CT molecular complexity index is 691. The lowest BCUT2D eigenvalue weighted by atomic mass is 9.89. The number of hydrogen-bond acceptors (Lipinski definition) is 3. The van der Waals surface area contributed by atoms with E-state index in [2.05, 4.69) is 10.3 Å². The van der Waals surface area contributed by atoms with Crippen LogP contribution in [0.25, 0.3) is 0 Å². The number of allylic oxidation sites excluding steroid dienone is 4. The summed E-state index contributed by atoms with van der Waals surface area (Å²) in [5.41, 5.74) is 8.90. The predicted octanol–water partition coefficient (Wildman–Crippen LogP) is 2.45. The molecule has 2 atom stereocenters. The molecule has 0 aromatic heterocycles. The van der Waals surface area contributed by atoms with Crippen molar-refractivity contribution in [2.24, 2.45) is 16.6 Å². The van der Waals surface area contributed by atoms with Gasteiger partial charge >= 0.3 is 0 Å². The van der Waals surface area contributed by atoms with Crippen molar-refractivity contribution in [2.75, 3.05) is 5.32 Å². The van der Waals surface area contributed by atoms with Gasteiger partial charge in [0.2, 0.25) is 0 Å². The van der Waals surface area contributed by atoms with Crippen molar-refractivity contribution in [2.45, 2.75) is 19.5 Å². The van der Waals surface area contributed by atoms with Gasteiger partial charge in [0.25, 0.3) is 5.91 Å². The first-order chi connectivity index (χ1) is 10.1. The number of aliphatic imine (C=N–C) groups is 1. The number of rotatable bonds is 1. The second kappa shape index (κ2) is 5.26. The average molecular weight is 285 g/mol. The molecule has 4 nitrogen and oxygen atoms in total. The molecule has 3 N–H and O–H groups in total. The molecule has 3 rings (SSSR count). The first-order valence-electron chi connectivity index (χ1n) is 6.83. The van der Waals surface area contributed by atoms with E-state index in [1.54, 1.807) is 6.08 Å². The van der Waals surface area contributed by atoms with Gasteiger partial charge in [0, 0.05) is 17.9 Å². The molecule has 1 aliphatic heterocycles. The summed E-state index contributed by atoms with van der Waals surface area (Å²) in [6.45, 7) is 1.91. The Balaban J connectivity index is 2.12. The van der Waals surface area contributed by atoms with E-state index >= 15 is 0 Å². The molecular weight excluding hydrogens is 269 g/mol. The number of hydrogen-bond donors (Lipinski definition) is 2. The molecule has 1 unspecified atom stereocenters. The van der Waals surface area contributed by atoms with Crippen LogP contribution >= 0.6 is 0 Å². The van der Waals surface area contributed by atoms with Crippen LogP contribution in [0.1, 0.15) is 17.5 Å². The van der Waals surface area contributed by atoms with E-state index in [-0.39, 0.29) is 24.1 Å². The molecule has 0 radical (unpaired) electrons. The number of halogens is 1. The second-order valence-corrected chi connectivity index (χ2v) is 5.25. The minimum Gasteiger partial charge on any atom is -0.322 e. The van der Waals surface area contributed by atoms with Gasteiger partial charge in [-0.25, -0.2) is 4.39 Å². The van der Waals surface area contributed by atoms with Gasteiger partial charge in [0.1, 0.15) is 5.83 Å². The molecule has 2 aliphatic rings.